The summed E-state index contributed by atoms with van der Waals surface area (Å²) < 4.78 is 5.24. The molecule has 2 amide bonds. The van der Waals surface area contributed by atoms with E-state index in [1.807, 2.05) is 24.3 Å². The van der Waals surface area contributed by atoms with Crippen molar-refractivity contribution < 1.29 is 14.3 Å². The second kappa shape index (κ2) is 8.24. The first kappa shape index (κ1) is 18.9. The molecule has 2 heterocycles. The van der Waals surface area contributed by atoms with Crippen molar-refractivity contribution >= 4 is 29.1 Å². The van der Waals surface area contributed by atoms with Crippen LogP contribution in [0.3, 0.4) is 0 Å². The molecular formula is C18H25ClN4O3. The van der Waals surface area contributed by atoms with Crippen LogP contribution in [-0.2, 0) is 14.3 Å². The molecule has 0 radical (unpaired) electrons. The van der Waals surface area contributed by atoms with Gasteiger partial charge in [0.2, 0.25) is 11.8 Å². The van der Waals surface area contributed by atoms with Crippen molar-refractivity contribution in [1.82, 2.24) is 10.2 Å². The maximum Gasteiger partial charge on any atom is 0.242 e. The van der Waals surface area contributed by atoms with Crippen molar-refractivity contribution in [3.05, 3.63) is 29.3 Å². The van der Waals surface area contributed by atoms with Crippen LogP contribution < -0.4 is 16.0 Å². The number of nitrogens with one attached hydrogen (secondary N) is 1. The van der Waals surface area contributed by atoms with Crippen molar-refractivity contribution in [2.24, 2.45) is 5.73 Å². The van der Waals surface area contributed by atoms with Gasteiger partial charge in [0.15, 0.2) is 0 Å². The number of ether oxygens (including phenoxy) is 1. The van der Waals surface area contributed by atoms with Gasteiger partial charge in [0.05, 0.1) is 12.1 Å². The molecule has 8 heteroatoms. The summed E-state index contributed by atoms with van der Waals surface area (Å²) in [5, 5.41) is 3.41. The van der Waals surface area contributed by atoms with Gasteiger partial charge in [-0.1, -0.05) is 11.6 Å². The largest absolute Gasteiger partial charge is 0.381 e. The first-order chi connectivity index (χ1) is 12.5. The maximum atomic E-state index is 12.4. The predicted molar refractivity (Wildman–Crippen MR) is 100 cm³/mol. The minimum atomic E-state index is -0.925. The quantitative estimate of drug-likeness (QED) is 0.799. The highest BCUT2D eigenvalue weighted by Crippen LogP contribution is 2.20. The van der Waals surface area contributed by atoms with Gasteiger partial charge in [-0.2, -0.15) is 0 Å². The van der Waals surface area contributed by atoms with Gasteiger partial charge in [0.1, 0.15) is 0 Å². The number of hydrogen-bond donors (Lipinski definition) is 2. The van der Waals surface area contributed by atoms with Gasteiger partial charge >= 0.3 is 0 Å². The Kier molecular flexibility index (Phi) is 6.01. The standard InChI is InChI=1S/C18H25ClN4O3/c19-14-1-3-15(4-2-14)22-7-9-23(10-8-22)16(24)13-21-17(25)18(20)5-11-26-12-6-18/h1-4H,5-13,20H2,(H,21,25). The smallest absolute Gasteiger partial charge is 0.242 e. The molecule has 142 valence electrons. The maximum absolute atomic E-state index is 12.4. The van der Waals surface area contributed by atoms with E-state index in [0.717, 1.165) is 18.8 Å². The highest BCUT2D eigenvalue weighted by Gasteiger charge is 2.36. The van der Waals surface area contributed by atoms with Crippen molar-refractivity contribution in [1.29, 1.82) is 0 Å². The van der Waals surface area contributed by atoms with E-state index in [-0.39, 0.29) is 18.4 Å². The van der Waals surface area contributed by atoms with Gasteiger partial charge in [-0.05, 0) is 37.1 Å². The second-order valence-electron chi connectivity index (χ2n) is 6.80. The summed E-state index contributed by atoms with van der Waals surface area (Å²) in [4.78, 5) is 28.7. The molecule has 3 N–H and O–H groups in total. The molecule has 2 aliphatic heterocycles. The summed E-state index contributed by atoms with van der Waals surface area (Å²) in [6.45, 7) is 3.69. The van der Waals surface area contributed by atoms with Gasteiger partial charge in [-0.15, -0.1) is 0 Å². The number of hydrogen-bond acceptors (Lipinski definition) is 5. The first-order valence-corrected chi connectivity index (χ1v) is 9.29. The lowest BCUT2D eigenvalue weighted by atomic mass is 9.90. The molecule has 1 aromatic carbocycles. The Bertz CT molecular complexity index is 638. The van der Waals surface area contributed by atoms with Crippen molar-refractivity contribution in [3.63, 3.8) is 0 Å². The SMILES string of the molecule is NC1(C(=O)NCC(=O)N2CCN(c3ccc(Cl)cc3)CC2)CCOCC1. The second-order valence-corrected chi connectivity index (χ2v) is 7.23. The third-order valence-electron chi connectivity index (χ3n) is 5.06. The lowest BCUT2D eigenvalue weighted by molar-refractivity contribution is -0.135. The number of halogens is 1. The van der Waals surface area contributed by atoms with Crippen LogP contribution in [0.5, 0.6) is 0 Å². The van der Waals surface area contributed by atoms with Crippen LogP contribution >= 0.6 is 11.6 Å². The molecule has 0 aromatic heterocycles. The number of anilines is 1. The Morgan fingerprint density at radius 3 is 2.35 bits per heavy atom. The molecule has 26 heavy (non-hydrogen) atoms. The summed E-state index contributed by atoms with van der Waals surface area (Å²) in [6.07, 6.45) is 0.958. The normalized spacial score (nSPS) is 19.9. The number of rotatable bonds is 4. The number of nitrogens with two attached hydrogens (primary N) is 1. The number of benzene rings is 1. The predicted octanol–water partition coefficient (Wildman–Crippen LogP) is 0.613. The van der Waals surface area contributed by atoms with Gasteiger partial charge in [0.25, 0.3) is 0 Å². The average molecular weight is 381 g/mol. The summed E-state index contributed by atoms with van der Waals surface area (Å²) in [5.74, 6) is -0.348. The highest BCUT2D eigenvalue weighted by atomic mass is 35.5. The zero-order chi connectivity index (χ0) is 18.6. The van der Waals surface area contributed by atoms with E-state index in [9.17, 15) is 9.59 Å². The number of piperazine rings is 1. The van der Waals surface area contributed by atoms with E-state index in [1.165, 1.54) is 0 Å². The molecule has 7 nitrogen and oxygen atoms in total. The van der Waals surface area contributed by atoms with E-state index in [2.05, 4.69) is 10.2 Å². The third kappa shape index (κ3) is 4.47. The Morgan fingerprint density at radius 2 is 1.73 bits per heavy atom. The van der Waals surface area contributed by atoms with Crippen LogP contribution in [0, 0.1) is 0 Å². The highest BCUT2D eigenvalue weighted by molar-refractivity contribution is 6.30. The number of nitrogens with zero attached hydrogens (tertiary/aromatic N) is 2. The van der Waals surface area contributed by atoms with Crippen LogP contribution in [0.25, 0.3) is 0 Å². The number of amides is 2. The molecule has 0 saturated carbocycles. The minimum absolute atomic E-state index is 0.0143. The van der Waals surface area contributed by atoms with Crippen molar-refractivity contribution in [3.8, 4) is 0 Å². The Balaban J connectivity index is 1.45. The summed E-state index contributed by atoms with van der Waals surface area (Å²) in [7, 11) is 0. The molecule has 2 fully saturated rings. The lowest BCUT2D eigenvalue weighted by Crippen LogP contribution is -2.58. The van der Waals surface area contributed by atoms with E-state index < -0.39 is 5.54 Å². The zero-order valence-corrected chi connectivity index (χ0v) is 15.5. The summed E-state index contributed by atoms with van der Waals surface area (Å²) >= 11 is 5.92. The molecule has 0 unspecified atom stereocenters. The molecule has 1 aromatic rings. The van der Waals surface area contributed by atoms with Crippen LogP contribution in [-0.4, -0.2) is 68.2 Å². The molecule has 0 aliphatic carbocycles. The van der Waals surface area contributed by atoms with Gasteiger partial charge < -0.3 is 25.6 Å². The lowest BCUT2D eigenvalue weighted by Gasteiger charge is -2.36. The number of carbonyl (C=O) groups is 2. The van der Waals surface area contributed by atoms with Crippen molar-refractivity contribution in [2.45, 2.75) is 18.4 Å². The fourth-order valence-electron chi connectivity index (χ4n) is 3.27. The molecular weight excluding hydrogens is 356 g/mol. The van der Waals surface area contributed by atoms with Gasteiger partial charge in [0, 0.05) is 50.1 Å². The zero-order valence-electron chi connectivity index (χ0n) is 14.7. The average Bonchev–Trinajstić information content (AvgIpc) is 2.67. The summed E-state index contributed by atoms with van der Waals surface area (Å²) in [5.41, 5.74) is 6.30. The molecule has 0 atom stereocenters. The van der Waals surface area contributed by atoms with Gasteiger partial charge in [-0.3, -0.25) is 9.59 Å². The van der Waals surface area contributed by atoms with Crippen LogP contribution in [0.1, 0.15) is 12.8 Å². The Morgan fingerprint density at radius 1 is 1.12 bits per heavy atom. The van der Waals surface area contributed by atoms with Crippen LogP contribution in [0.15, 0.2) is 24.3 Å². The van der Waals surface area contributed by atoms with Crippen LogP contribution in [0.4, 0.5) is 5.69 Å². The van der Waals surface area contributed by atoms with E-state index in [4.69, 9.17) is 22.1 Å². The Labute approximate surface area is 158 Å². The first-order valence-electron chi connectivity index (χ1n) is 8.91. The molecule has 3 rings (SSSR count). The van der Waals surface area contributed by atoms with E-state index >= 15 is 0 Å². The fraction of sp³-hybridized carbons (Fsp3) is 0.556. The molecule has 2 saturated heterocycles. The third-order valence-corrected chi connectivity index (χ3v) is 5.31. The number of carbonyl (C=O) groups excluding carboxylic acids is 2. The van der Waals surface area contributed by atoms with E-state index in [0.29, 0.717) is 44.2 Å². The topological polar surface area (TPSA) is 87.9 Å². The van der Waals surface area contributed by atoms with E-state index in [1.54, 1.807) is 4.90 Å². The molecule has 0 bridgehead atoms. The molecule has 0 spiro atoms. The fourth-order valence-corrected chi connectivity index (χ4v) is 3.40. The minimum Gasteiger partial charge on any atom is -0.381 e. The summed E-state index contributed by atoms with van der Waals surface area (Å²) in [6, 6.07) is 7.69. The van der Waals surface area contributed by atoms with Crippen LogP contribution in [0.2, 0.25) is 5.02 Å². The Hall–Kier alpha value is -1.83. The van der Waals surface area contributed by atoms with Crippen molar-refractivity contribution in [2.75, 3.05) is 50.8 Å². The monoisotopic (exact) mass is 380 g/mol. The van der Waals surface area contributed by atoms with Gasteiger partial charge in [-0.25, -0.2) is 0 Å². The molecule has 2 aliphatic rings.